The predicted octanol–water partition coefficient (Wildman–Crippen LogP) is 4.94. The fourth-order valence-electron chi connectivity index (χ4n) is 4.38. The number of anilines is 2. The highest BCUT2D eigenvalue weighted by Gasteiger charge is 2.34. The molecule has 1 amide bonds. The maximum Gasteiger partial charge on any atom is 0.255 e. The second kappa shape index (κ2) is 10.6. The lowest BCUT2D eigenvalue weighted by atomic mass is 9.94. The number of amides is 1. The first-order valence-corrected chi connectivity index (χ1v) is 11.9. The number of aromatic nitrogens is 3. The van der Waals surface area contributed by atoms with Crippen molar-refractivity contribution >= 4 is 17.5 Å². The Morgan fingerprint density at radius 2 is 1.79 bits per heavy atom. The monoisotopic (exact) mass is 515 g/mol. The summed E-state index contributed by atoms with van der Waals surface area (Å²) in [5, 5.41) is 10.5. The summed E-state index contributed by atoms with van der Waals surface area (Å²) < 4.78 is 32.6. The van der Waals surface area contributed by atoms with Crippen LogP contribution in [0.4, 0.5) is 16.0 Å². The van der Waals surface area contributed by atoms with Crippen LogP contribution in [0.1, 0.15) is 24.1 Å². The van der Waals surface area contributed by atoms with Gasteiger partial charge in [0.1, 0.15) is 30.5 Å². The van der Waals surface area contributed by atoms with Gasteiger partial charge in [-0.25, -0.2) is 9.07 Å². The molecule has 10 heteroatoms. The van der Waals surface area contributed by atoms with Crippen molar-refractivity contribution in [3.05, 3.63) is 101 Å². The third-order valence-electron chi connectivity index (χ3n) is 6.24. The van der Waals surface area contributed by atoms with Gasteiger partial charge in [0.05, 0.1) is 25.5 Å². The molecule has 1 aliphatic heterocycles. The summed E-state index contributed by atoms with van der Waals surface area (Å²) >= 11 is 0. The molecule has 3 aromatic carbocycles. The standard InChI is InChI=1S/C28H26FN5O4/c1-17-25(27(35)33-21-10-6-7-11-22(21)36-2)26(34-28(32-17)30-16-31-34)18-12-13-23(24(14-18)37-3)38-15-19-8-4-5-9-20(19)29/h4-14,16,26H,15H2,1-3H3,(H,33,35)(H,30,31,32)/t26-/m0/s1. The van der Waals surface area contributed by atoms with E-state index in [1.54, 1.807) is 54.3 Å². The van der Waals surface area contributed by atoms with Gasteiger partial charge in [0.15, 0.2) is 11.5 Å². The topological polar surface area (TPSA) is 99.5 Å². The molecule has 38 heavy (non-hydrogen) atoms. The molecule has 0 aliphatic carbocycles. The fraction of sp³-hybridized carbons (Fsp3) is 0.179. The molecule has 0 saturated carbocycles. The first-order valence-electron chi connectivity index (χ1n) is 11.9. The highest BCUT2D eigenvalue weighted by Crippen LogP contribution is 2.39. The number of ether oxygens (including phenoxy) is 3. The van der Waals surface area contributed by atoms with Gasteiger partial charge in [-0.2, -0.15) is 10.1 Å². The molecule has 0 radical (unpaired) electrons. The molecule has 1 aromatic heterocycles. The van der Waals surface area contributed by atoms with Crippen molar-refractivity contribution in [1.82, 2.24) is 14.8 Å². The molecule has 1 aliphatic rings. The van der Waals surface area contributed by atoms with Gasteiger partial charge < -0.3 is 24.8 Å². The summed E-state index contributed by atoms with van der Waals surface area (Å²) in [4.78, 5) is 17.9. The lowest BCUT2D eigenvalue weighted by Gasteiger charge is -2.29. The van der Waals surface area contributed by atoms with Gasteiger partial charge in [-0.3, -0.25) is 4.79 Å². The largest absolute Gasteiger partial charge is 0.495 e. The predicted molar refractivity (Wildman–Crippen MR) is 140 cm³/mol. The number of fused-ring (bicyclic) bond motifs is 1. The number of para-hydroxylation sites is 2. The van der Waals surface area contributed by atoms with Gasteiger partial charge in [-0.15, -0.1) is 0 Å². The molecular weight excluding hydrogens is 489 g/mol. The van der Waals surface area contributed by atoms with Crippen LogP contribution in [0.5, 0.6) is 17.2 Å². The van der Waals surface area contributed by atoms with Crippen LogP contribution >= 0.6 is 0 Å². The van der Waals surface area contributed by atoms with Crippen molar-refractivity contribution < 1.29 is 23.4 Å². The lowest BCUT2D eigenvalue weighted by molar-refractivity contribution is -0.113. The van der Waals surface area contributed by atoms with Crippen LogP contribution in [0.3, 0.4) is 0 Å². The summed E-state index contributed by atoms with van der Waals surface area (Å²) in [6, 6.07) is 18.3. The van der Waals surface area contributed by atoms with Crippen LogP contribution in [0, 0.1) is 5.82 Å². The number of methoxy groups -OCH3 is 2. The van der Waals surface area contributed by atoms with Gasteiger partial charge in [-0.05, 0) is 42.8 Å². The minimum atomic E-state index is -0.613. The second-order valence-corrected chi connectivity index (χ2v) is 8.54. The van der Waals surface area contributed by atoms with Gasteiger partial charge in [0.2, 0.25) is 5.95 Å². The Morgan fingerprint density at radius 3 is 2.58 bits per heavy atom. The van der Waals surface area contributed by atoms with E-state index in [-0.39, 0.29) is 18.3 Å². The van der Waals surface area contributed by atoms with Crippen molar-refractivity contribution in [2.75, 3.05) is 24.9 Å². The van der Waals surface area contributed by atoms with Crippen molar-refractivity contribution in [1.29, 1.82) is 0 Å². The average molecular weight is 516 g/mol. The average Bonchev–Trinajstić information content (AvgIpc) is 3.40. The quantitative estimate of drug-likeness (QED) is 0.343. The molecule has 0 bridgehead atoms. The number of rotatable bonds is 8. The fourth-order valence-corrected chi connectivity index (χ4v) is 4.38. The zero-order valence-electron chi connectivity index (χ0n) is 21.1. The highest BCUT2D eigenvalue weighted by molar-refractivity contribution is 6.06. The van der Waals surface area contributed by atoms with Gasteiger partial charge >= 0.3 is 0 Å². The van der Waals surface area contributed by atoms with E-state index in [0.717, 1.165) is 5.56 Å². The number of hydrogen-bond donors (Lipinski definition) is 2. The minimum absolute atomic E-state index is 0.0362. The molecule has 2 heterocycles. The minimum Gasteiger partial charge on any atom is -0.495 e. The molecule has 0 unspecified atom stereocenters. The zero-order chi connectivity index (χ0) is 26.6. The Bertz CT molecular complexity index is 1520. The summed E-state index contributed by atoms with van der Waals surface area (Å²) in [6.45, 7) is 1.85. The Kier molecular flexibility index (Phi) is 6.94. The van der Waals surface area contributed by atoms with E-state index in [2.05, 4.69) is 20.7 Å². The zero-order valence-corrected chi connectivity index (χ0v) is 21.1. The SMILES string of the molecule is COc1ccccc1NC(=O)C1=C(C)Nc2ncnn2[C@H]1c1ccc(OCc2ccccc2F)c(OC)c1. The van der Waals surface area contributed by atoms with E-state index in [4.69, 9.17) is 14.2 Å². The lowest BCUT2D eigenvalue weighted by Crippen LogP contribution is -2.31. The van der Waals surface area contributed by atoms with Crippen LogP contribution in [-0.2, 0) is 11.4 Å². The van der Waals surface area contributed by atoms with Gasteiger partial charge in [0.25, 0.3) is 5.91 Å². The number of allylic oxidation sites excluding steroid dienone is 1. The van der Waals surface area contributed by atoms with Crippen LogP contribution in [-0.4, -0.2) is 34.9 Å². The van der Waals surface area contributed by atoms with Crippen molar-refractivity contribution in [3.63, 3.8) is 0 Å². The Hall–Kier alpha value is -4.86. The van der Waals surface area contributed by atoms with E-state index in [9.17, 15) is 9.18 Å². The Morgan fingerprint density at radius 1 is 1.03 bits per heavy atom. The van der Waals surface area contributed by atoms with Crippen LogP contribution in [0.15, 0.2) is 84.3 Å². The number of carbonyl (C=O) groups is 1. The molecule has 1 atom stereocenters. The van der Waals surface area contributed by atoms with Crippen molar-refractivity contribution in [2.24, 2.45) is 0 Å². The number of carbonyl (C=O) groups excluding carboxylic acids is 1. The van der Waals surface area contributed by atoms with E-state index in [0.29, 0.717) is 45.7 Å². The van der Waals surface area contributed by atoms with E-state index in [1.807, 2.05) is 25.1 Å². The maximum atomic E-state index is 14.1. The molecule has 194 valence electrons. The van der Waals surface area contributed by atoms with Crippen LogP contribution in [0.2, 0.25) is 0 Å². The van der Waals surface area contributed by atoms with E-state index in [1.165, 1.54) is 19.5 Å². The van der Waals surface area contributed by atoms with Crippen molar-refractivity contribution in [3.8, 4) is 17.2 Å². The summed E-state index contributed by atoms with van der Waals surface area (Å²) in [5.41, 5.74) is 2.76. The molecule has 0 saturated heterocycles. The Labute approximate surface area is 218 Å². The number of hydrogen-bond acceptors (Lipinski definition) is 7. The normalized spacial score (nSPS) is 14.4. The first kappa shape index (κ1) is 24.8. The van der Waals surface area contributed by atoms with Gasteiger partial charge in [-0.1, -0.05) is 36.4 Å². The van der Waals surface area contributed by atoms with Crippen molar-refractivity contribution in [2.45, 2.75) is 19.6 Å². The maximum absolute atomic E-state index is 14.1. The third kappa shape index (κ3) is 4.75. The summed E-state index contributed by atoms with van der Waals surface area (Å²) in [5.74, 6) is 1.24. The smallest absolute Gasteiger partial charge is 0.255 e. The number of nitrogens with zero attached hydrogens (tertiary/aromatic N) is 3. The second-order valence-electron chi connectivity index (χ2n) is 8.54. The molecular formula is C28H26FN5O4. The van der Waals surface area contributed by atoms with Crippen LogP contribution in [0.25, 0.3) is 0 Å². The first-order chi connectivity index (χ1) is 18.5. The highest BCUT2D eigenvalue weighted by atomic mass is 19.1. The molecule has 0 fully saturated rings. The Balaban J connectivity index is 1.49. The third-order valence-corrected chi connectivity index (χ3v) is 6.24. The van der Waals surface area contributed by atoms with E-state index >= 15 is 0 Å². The molecule has 5 rings (SSSR count). The molecule has 0 spiro atoms. The van der Waals surface area contributed by atoms with E-state index < -0.39 is 6.04 Å². The number of halogens is 1. The molecule has 4 aromatic rings. The number of nitrogens with one attached hydrogen (secondary N) is 2. The molecule has 2 N–H and O–H groups in total. The summed E-state index contributed by atoms with van der Waals surface area (Å²) in [7, 11) is 3.07. The number of benzene rings is 3. The molecule has 9 nitrogen and oxygen atoms in total. The van der Waals surface area contributed by atoms with Gasteiger partial charge in [0, 0.05) is 11.3 Å². The summed E-state index contributed by atoms with van der Waals surface area (Å²) in [6.07, 6.45) is 1.42. The van der Waals surface area contributed by atoms with Crippen LogP contribution < -0.4 is 24.8 Å².